The summed E-state index contributed by atoms with van der Waals surface area (Å²) in [4.78, 5) is 153. The lowest BCUT2D eigenvalue weighted by molar-refractivity contribution is -0.148. The number of carbonyl (C=O) groups is 11. The molecule has 3 aromatic carbocycles. The third-order valence-corrected chi connectivity index (χ3v) is 17.9. The van der Waals surface area contributed by atoms with Gasteiger partial charge in [0.05, 0.1) is 60.9 Å². The van der Waals surface area contributed by atoms with Crippen LogP contribution in [-0.2, 0) is 70.4 Å². The van der Waals surface area contributed by atoms with Gasteiger partial charge >= 0.3 is 12.1 Å². The molecule has 2 heterocycles. The molecular formula is C70H101N11O15. The number of aliphatic hydroxyl groups excluding tert-OH is 1. The average Bonchev–Trinajstić information content (AvgIpc) is 1.52. The van der Waals surface area contributed by atoms with E-state index in [1.165, 1.54) is 50.5 Å². The fourth-order valence-corrected chi connectivity index (χ4v) is 12.3. The summed E-state index contributed by atoms with van der Waals surface area (Å²) < 4.78 is 17.8. The van der Waals surface area contributed by atoms with Crippen molar-refractivity contribution < 1.29 is 72.1 Å². The molecule has 0 bridgehead atoms. The van der Waals surface area contributed by atoms with Gasteiger partial charge in [0.2, 0.25) is 41.4 Å². The van der Waals surface area contributed by atoms with Gasteiger partial charge in [-0.2, -0.15) is 0 Å². The van der Waals surface area contributed by atoms with Crippen molar-refractivity contribution in [1.29, 1.82) is 0 Å². The van der Waals surface area contributed by atoms with Gasteiger partial charge in [0.1, 0.15) is 30.8 Å². The summed E-state index contributed by atoms with van der Waals surface area (Å²) in [5.41, 5.74) is 7.64. The fraction of sp³-hybridized carbons (Fsp3) is 0.557. The number of nitrogens with two attached hydrogens (primary N) is 1. The summed E-state index contributed by atoms with van der Waals surface area (Å²) in [6.45, 7) is 18.3. The zero-order valence-electron chi connectivity index (χ0n) is 57.9. The molecule has 9 N–H and O–H groups in total. The second kappa shape index (κ2) is 36.9. The lowest BCUT2D eigenvalue weighted by Crippen LogP contribution is -2.60. The van der Waals surface area contributed by atoms with Crippen molar-refractivity contribution >= 4 is 76.7 Å². The topological polar surface area (TPSA) is 347 Å². The number of methoxy groups -OCH3 is 2. The number of ether oxygens (including phenoxy) is 3. The van der Waals surface area contributed by atoms with Crippen LogP contribution in [-0.4, -0.2) is 181 Å². The predicted molar refractivity (Wildman–Crippen MR) is 361 cm³/mol. The third-order valence-electron chi connectivity index (χ3n) is 17.9. The largest absolute Gasteiger partial charge is 0.445 e. The van der Waals surface area contributed by atoms with Gasteiger partial charge in [-0.15, -0.1) is 0 Å². The summed E-state index contributed by atoms with van der Waals surface area (Å²) in [6, 6.07) is 14.8. The molecule has 1 saturated heterocycles. The Morgan fingerprint density at radius 1 is 0.698 bits per heavy atom. The van der Waals surface area contributed by atoms with Crippen molar-refractivity contribution in [2.45, 2.75) is 181 Å². The van der Waals surface area contributed by atoms with Gasteiger partial charge in [-0.1, -0.05) is 123 Å². The molecule has 0 radical (unpaired) electrons. The number of carbonyl (C=O) groups excluding carboxylic acids is 11. The maximum atomic E-state index is 14.8. The number of hydrogen-bond acceptors (Lipinski definition) is 15. The first-order valence-electron chi connectivity index (χ1n) is 33.0. The maximum absolute atomic E-state index is 14.8. The van der Waals surface area contributed by atoms with Gasteiger partial charge in [0.25, 0.3) is 11.8 Å². The van der Waals surface area contributed by atoms with E-state index in [0.29, 0.717) is 53.9 Å². The number of hydrogen-bond donors (Lipinski definition) is 8. The molecule has 0 aromatic heterocycles. The Kier molecular flexibility index (Phi) is 30.0. The number of primary amides is 1. The summed E-state index contributed by atoms with van der Waals surface area (Å²) in [6.07, 6.45) is 1.06. The van der Waals surface area contributed by atoms with Crippen LogP contribution in [0.25, 0.3) is 0 Å². The Morgan fingerprint density at radius 3 is 1.88 bits per heavy atom. The van der Waals surface area contributed by atoms with Crippen molar-refractivity contribution in [2.24, 2.45) is 35.3 Å². The second-order valence-corrected chi connectivity index (χ2v) is 26.0. The van der Waals surface area contributed by atoms with Crippen LogP contribution in [0.3, 0.4) is 0 Å². The van der Waals surface area contributed by atoms with E-state index in [2.05, 4.69) is 31.9 Å². The predicted octanol–water partition coefficient (Wildman–Crippen LogP) is 5.26. The van der Waals surface area contributed by atoms with Crippen LogP contribution in [0.4, 0.5) is 21.0 Å². The highest BCUT2D eigenvalue weighted by molar-refractivity contribution is 6.28. The molecule has 0 aliphatic carbocycles. The van der Waals surface area contributed by atoms with Gasteiger partial charge in [0, 0.05) is 59.2 Å². The van der Waals surface area contributed by atoms with Crippen molar-refractivity contribution in [3.8, 4) is 0 Å². The molecule has 12 atom stereocenters. The lowest BCUT2D eigenvalue weighted by atomic mass is 9.89. The number of benzene rings is 3. The van der Waals surface area contributed by atoms with Gasteiger partial charge in [-0.05, 0) is 97.2 Å². The van der Waals surface area contributed by atoms with Crippen LogP contribution in [0, 0.1) is 29.6 Å². The fourth-order valence-electron chi connectivity index (χ4n) is 12.3. The molecule has 2 aliphatic heterocycles. The molecule has 526 valence electrons. The van der Waals surface area contributed by atoms with Gasteiger partial charge in [-0.25, -0.2) is 14.5 Å². The standard InChI is InChI=1S/C70H101N11O15/c1-15-43(8)61(53(94-13)38-57(85)80-36-20-24-52(80)63(95-14)44(9)64(87)73-45(10)62(86)48-21-17-16-18-22-48)78(11)68(91)59(41(4)5)77-67(90)60(42(6)7)79(12)70(93)96-39-47-25-29-49(30-26-47)74-65(88)51(23-19-35-72-69(71)92)75-66(89)58(40(2)3)76-54(82)37-46-27-31-50(32-28-46)81-55(83)33-34-56(81)84/h16-18,21-22,25-34,40-45,51-53,58-63,86H,15,19-20,23-24,35-39H2,1-14H3,(H,73,87)(H,74,88)(H,75,89)(H,76,82)(H,77,90)(H3,71,72,92)/t43-,44+,45+,51-,52-,53+,58-,59-,60-,61?,62+,63+/m0/s1. The molecule has 1 fully saturated rings. The smallest absolute Gasteiger partial charge is 0.410 e. The monoisotopic (exact) mass is 1340 g/mol. The van der Waals surface area contributed by atoms with E-state index in [4.69, 9.17) is 19.9 Å². The van der Waals surface area contributed by atoms with E-state index in [1.54, 1.807) is 121 Å². The Labute approximate surface area is 563 Å². The van der Waals surface area contributed by atoms with E-state index in [1.807, 2.05) is 32.0 Å². The minimum absolute atomic E-state index is 0.0626. The quantitative estimate of drug-likeness (QED) is 0.0275. The molecule has 26 heteroatoms. The van der Waals surface area contributed by atoms with E-state index in [-0.39, 0.29) is 56.6 Å². The number of amides is 12. The summed E-state index contributed by atoms with van der Waals surface area (Å²) in [7, 11) is 6.07. The minimum Gasteiger partial charge on any atom is -0.445 e. The normalized spacial score (nSPS) is 17.2. The van der Waals surface area contributed by atoms with Crippen LogP contribution in [0.5, 0.6) is 0 Å². The van der Waals surface area contributed by atoms with E-state index in [9.17, 15) is 57.8 Å². The summed E-state index contributed by atoms with van der Waals surface area (Å²) >= 11 is 0. The van der Waals surface area contributed by atoms with E-state index >= 15 is 0 Å². The molecule has 2 aliphatic rings. The molecule has 26 nitrogen and oxygen atoms in total. The molecule has 3 aromatic rings. The lowest BCUT2D eigenvalue weighted by Gasteiger charge is -2.41. The van der Waals surface area contributed by atoms with Gasteiger partial charge < -0.3 is 66.8 Å². The summed E-state index contributed by atoms with van der Waals surface area (Å²) in [5, 5.41) is 27.6. The van der Waals surface area contributed by atoms with Crippen LogP contribution in [0.15, 0.2) is 91.0 Å². The number of anilines is 2. The number of nitrogens with one attached hydrogen (secondary N) is 6. The number of imide groups is 1. The minimum atomic E-state index is -1.14. The average molecular weight is 1340 g/mol. The Balaban J connectivity index is 1.19. The van der Waals surface area contributed by atoms with Crippen molar-refractivity contribution in [3.05, 3.63) is 108 Å². The molecular weight excluding hydrogens is 1230 g/mol. The first-order chi connectivity index (χ1) is 45.4. The molecule has 96 heavy (non-hydrogen) atoms. The Morgan fingerprint density at radius 2 is 1.31 bits per heavy atom. The third kappa shape index (κ3) is 21.4. The molecule has 5 rings (SSSR count). The molecule has 12 amide bonds. The number of urea groups is 1. The highest BCUT2D eigenvalue weighted by Crippen LogP contribution is 2.31. The van der Waals surface area contributed by atoms with Crippen molar-refractivity contribution in [2.75, 3.05) is 51.6 Å². The van der Waals surface area contributed by atoms with E-state index < -0.39 is 138 Å². The first kappa shape index (κ1) is 78.0. The zero-order chi connectivity index (χ0) is 71.2. The van der Waals surface area contributed by atoms with E-state index in [0.717, 1.165) is 4.90 Å². The highest BCUT2D eigenvalue weighted by Gasteiger charge is 2.44. The first-order valence-corrected chi connectivity index (χ1v) is 33.0. The number of aliphatic hydroxyl groups is 1. The SMILES string of the molecule is CC[C@H](C)C([C@@H](CC(=O)N1CCC[C@H]1[C@H](OC)[C@@H](C)C(=O)N[C@H](C)[C@@H](O)c1ccccc1)OC)N(C)C(=O)[C@@H](NC(=O)[C@H](C(C)C)N(C)C(=O)OCc1ccc(NC(=O)[C@H](CCCNC(N)=O)NC(=O)[C@@H](NC(=O)Cc2ccc(N3C(=O)C=CC3=O)cc2)C(C)C)cc1)C(C)C. The number of likely N-dealkylation sites (tertiary alicyclic amines) is 1. The number of rotatable bonds is 35. The molecule has 0 saturated carbocycles. The maximum Gasteiger partial charge on any atom is 0.410 e. The van der Waals surface area contributed by atoms with Crippen LogP contribution < -0.4 is 42.5 Å². The number of likely N-dealkylation sites (N-methyl/N-ethyl adjacent to an activating group) is 2. The van der Waals surface area contributed by atoms with Crippen LogP contribution in [0.1, 0.15) is 131 Å². The van der Waals surface area contributed by atoms with Crippen molar-refractivity contribution in [1.82, 2.24) is 41.3 Å². The van der Waals surface area contributed by atoms with Crippen LogP contribution in [0.2, 0.25) is 0 Å². The molecule has 0 spiro atoms. The zero-order valence-corrected chi connectivity index (χ0v) is 57.9. The molecule has 1 unspecified atom stereocenters. The Bertz CT molecular complexity index is 3170. The van der Waals surface area contributed by atoms with Gasteiger partial charge in [0.15, 0.2) is 0 Å². The van der Waals surface area contributed by atoms with Crippen LogP contribution >= 0.6 is 0 Å². The highest BCUT2D eigenvalue weighted by atomic mass is 16.6. The number of nitrogens with zero attached hydrogens (tertiary/aromatic N) is 4. The van der Waals surface area contributed by atoms with Gasteiger partial charge in [-0.3, -0.25) is 48.1 Å². The summed E-state index contributed by atoms with van der Waals surface area (Å²) in [5.74, 6) is -6.48. The van der Waals surface area contributed by atoms with Crippen molar-refractivity contribution in [3.63, 3.8) is 0 Å². The Hall–Kier alpha value is -8.75. The second-order valence-electron chi connectivity index (χ2n) is 26.0.